The van der Waals surface area contributed by atoms with Gasteiger partial charge in [-0.1, -0.05) is 30.2 Å². The van der Waals surface area contributed by atoms with Crippen molar-refractivity contribution in [3.63, 3.8) is 0 Å². The Hall–Kier alpha value is -2.64. The maximum absolute atomic E-state index is 12.7. The van der Waals surface area contributed by atoms with Gasteiger partial charge in [0.25, 0.3) is 0 Å². The van der Waals surface area contributed by atoms with Crippen LogP contribution >= 0.6 is 11.6 Å². The van der Waals surface area contributed by atoms with E-state index >= 15 is 0 Å². The number of carbonyl (C=O) groups is 2. The molecule has 2 aliphatic rings. The third-order valence-corrected chi connectivity index (χ3v) is 6.55. The van der Waals surface area contributed by atoms with Crippen LogP contribution in [0.2, 0.25) is 5.02 Å². The van der Waals surface area contributed by atoms with E-state index in [0.29, 0.717) is 36.8 Å². The van der Waals surface area contributed by atoms with Gasteiger partial charge in [-0.05, 0) is 49.4 Å². The second-order valence-electron chi connectivity index (χ2n) is 8.65. The zero-order chi connectivity index (χ0) is 22.5. The van der Waals surface area contributed by atoms with E-state index in [1.807, 2.05) is 35.2 Å². The lowest BCUT2D eigenvalue weighted by Crippen LogP contribution is -2.34. The molecular weight excluding hydrogens is 426 g/mol. The number of carbonyl (C=O) groups excluding carboxylic acids is 2. The number of pyridine rings is 1. The van der Waals surface area contributed by atoms with Gasteiger partial charge in [-0.25, -0.2) is 4.98 Å². The topological polar surface area (TPSA) is 100 Å². The molecule has 2 heterocycles. The predicted octanol–water partition coefficient (Wildman–Crippen LogP) is 3.89. The quantitative estimate of drug-likeness (QED) is 0.588. The smallest absolute Gasteiger partial charge is 0.228 e. The van der Waals surface area contributed by atoms with Crippen LogP contribution in [0, 0.1) is 5.92 Å². The Bertz CT molecular complexity index is 983. The molecule has 1 aromatic carbocycles. The largest absolute Gasteiger partial charge is 0.383 e. The molecule has 2 fully saturated rings. The Morgan fingerprint density at radius 1 is 1.25 bits per heavy atom. The van der Waals surface area contributed by atoms with Gasteiger partial charge in [0.05, 0.1) is 5.02 Å². The van der Waals surface area contributed by atoms with Gasteiger partial charge in [-0.3, -0.25) is 9.59 Å². The lowest BCUT2D eigenvalue weighted by molar-refractivity contribution is -0.127. The number of nitrogens with two attached hydrogens (primary N) is 1. The standard InChI is InChI=1S/C24H30ClN5O2/c25-21-15-28-22(29-24(32)17-5-1-6-18(26)12-17)14-20(21)16-4-2-7-19(13-16)27-9-11-30-10-3-8-23(30)31/h2,4,7,13-15,17-18,27H,1,3,5-6,8-12,26H2,(H,28,29,32). The fourth-order valence-corrected chi connectivity index (χ4v) is 4.71. The second kappa shape index (κ2) is 10.3. The highest BCUT2D eigenvalue weighted by Gasteiger charge is 2.25. The first-order valence-corrected chi connectivity index (χ1v) is 11.7. The van der Waals surface area contributed by atoms with Crippen LogP contribution in [0.1, 0.15) is 38.5 Å². The van der Waals surface area contributed by atoms with Crippen molar-refractivity contribution in [1.82, 2.24) is 9.88 Å². The van der Waals surface area contributed by atoms with Gasteiger partial charge in [0.15, 0.2) is 0 Å². The Morgan fingerprint density at radius 2 is 2.12 bits per heavy atom. The van der Waals surface area contributed by atoms with Gasteiger partial charge in [-0.15, -0.1) is 0 Å². The van der Waals surface area contributed by atoms with Crippen molar-refractivity contribution >= 4 is 34.9 Å². The molecule has 0 spiro atoms. The molecule has 1 aromatic heterocycles. The molecule has 7 nitrogen and oxygen atoms in total. The van der Waals surface area contributed by atoms with E-state index < -0.39 is 0 Å². The van der Waals surface area contributed by atoms with Gasteiger partial charge in [0, 0.05) is 55.5 Å². The van der Waals surface area contributed by atoms with Crippen LogP contribution in [0.3, 0.4) is 0 Å². The van der Waals surface area contributed by atoms with Crippen LogP contribution in [0.25, 0.3) is 11.1 Å². The number of amides is 2. The number of likely N-dealkylation sites (tertiary alicyclic amines) is 1. The molecule has 0 bridgehead atoms. The average Bonchev–Trinajstić information content (AvgIpc) is 3.20. The van der Waals surface area contributed by atoms with Crippen LogP contribution in [0.15, 0.2) is 36.5 Å². The monoisotopic (exact) mass is 455 g/mol. The number of rotatable bonds is 7. The third kappa shape index (κ3) is 5.58. The van der Waals surface area contributed by atoms with Crippen LogP contribution in [-0.4, -0.2) is 47.4 Å². The van der Waals surface area contributed by atoms with Crippen molar-refractivity contribution in [2.24, 2.45) is 11.7 Å². The average molecular weight is 456 g/mol. The molecule has 2 atom stereocenters. The Labute approximate surface area is 193 Å². The van der Waals surface area contributed by atoms with E-state index in [-0.39, 0.29) is 23.8 Å². The van der Waals surface area contributed by atoms with Gasteiger partial charge >= 0.3 is 0 Å². The summed E-state index contributed by atoms with van der Waals surface area (Å²) >= 11 is 6.44. The van der Waals surface area contributed by atoms with E-state index in [0.717, 1.165) is 49.0 Å². The second-order valence-corrected chi connectivity index (χ2v) is 9.06. The Kier molecular flexibility index (Phi) is 7.27. The summed E-state index contributed by atoms with van der Waals surface area (Å²) in [6.07, 6.45) is 6.69. The summed E-state index contributed by atoms with van der Waals surface area (Å²) in [5, 5.41) is 6.83. The predicted molar refractivity (Wildman–Crippen MR) is 128 cm³/mol. The van der Waals surface area contributed by atoms with Crippen LogP contribution in [-0.2, 0) is 9.59 Å². The van der Waals surface area contributed by atoms with Crippen LogP contribution in [0.4, 0.5) is 11.5 Å². The molecule has 32 heavy (non-hydrogen) atoms. The molecule has 4 rings (SSSR count). The molecule has 2 amide bonds. The Balaban J connectivity index is 1.42. The van der Waals surface area contributed by atoms with Crippen molar-refractivity contribution in [2.45, 2.75) is 44.6 Å². The number of nitrogens with one attached hydrogen (secondary N) is 2. The van der Waals surface area contributed by atoms with E-state index in [4.69, 9.17) is 17.3 Å². The highest BCUT2D eigenvalue weighted by Crippen LogP contribution is 2.31. The van der Waals surface area contributed by atoms with Gasteiger partial charge in [0.2, 0.25) is 11.8 Å². The first-order valence-electron chi connectivity index (χ1n) is 11.3. The summed E-state index contributed by atoms with van der Waals surface area (Å²) in [6.45, 7) is 2.22. The summed E-state index contributed by atoms with van der Waals surface area (Å²) in [5.74, 6) is 0.607. The summed E-state index contributed by atoms with van der Waals surface area (Å²) < 4.78 is 0. The highest BCUT2D eigenvalue weighted by atomic mass is 35.5. The van der Waals surface area contributed by atoms with E-state index in [9.17, 15) is 9.59 Å². The normalized spacial score (nSPS) is 20.9. The zero-order valence-electron chi connectivity index (χ0n) is 18.1. The minimum absolute atomic E-state index is 0.0344. The molecule has 1 aliphatic heterocycles. The van der Waals surface area contributed by atoms with Gasteiger partial charge in [0.1, 0.15) is 5.82 Å². The third-order valence-electron chi connectivity index (χ3n) is 6.25. The lowest BCUT2D eigenvalue weighted by Gasteiger charge is -2.25. The lowest BCUT2D eigenvalue weighted by atomic mass is 9.85. The minimum Gasteiger partial charge on any atom is -0.383 e. The maximum Gasteiger partial charge on any atom is 0.228 e. The molecular formula is C24H30ClN5O2. The van der Waals surface area contributed by atoms with Crippen molar-refractivity contribution in [2.75, 3.05) is 30.3 Å². The van der Waals surface area contributed by atoms with Crippen molar-refractivity contribution in [3.05, 3.63) is 41.6 Å². The van der Waals surface area contributed by atoms with Crippen LogP contribution < -0.4 is 16.4 Å². The SMILES string of the molecule is NC1CCCC(C(=O)Nc2cc(-c3cccc(NCCN4CCCC4=O)c3)c(Cl)cn2)C1. The summed E-state index contributed by atoms with van der Waals surface area (Å²) in [5.41, 5.74) is 8.70. The number of halogens is 1. The van der Waals surface area contributed by atoms with Gasteiger partial charge < -0.3 is 21.3 Å². The zero-order valence-corrected chi connectivity index (χ0v) is 18.9. The molecule has 1 saturated carbocycles. The molecule has 0 radical (unpaired) electrons. The highest BCUT2D eigenvalue weighted by molar-refractivity contribution is 6.33. The van der Waals surface area contributed by atoms with Crippen LogP contribution in [0.5, 0.6) is 0 Å². The first kappa shape index (κ1) is 22.6. The van der Waals surface area contributed by atoms with E-state index in [1.165, 1.54) is 0 Å². The first-order chi connectivity index (χ1) is 15.5. The molecule has 8 heteroatoms. The van der Waals surface area contributed by atoms with E-state index in [2.05, 4.69) is 15.6 Å². The summed E-state index contributed by atoms with van der Waals surface area (Å²) in [6, 6.07) is 9.83. The molecule has 2 unspecified atom stereocenters. The molecule has 1 aliphatic carbocycles. The van der Waals surface area contributed by atoms with E-state index in [1.54, 1.807) is 6.20 Å². The van der Waals surface area contributed by atoms with Crippen molar-refractivity contribution < 1.29 is 9.59 Å². The number of benzene rings is 1. The van der Waals surface area contributed by atoms with Gasteiger partial charge in [-0.2, -0.15) is 0 Å². The Morgan fingerprint density at radius 3 is 2.91 bits per heavy atom. The van der Waals surface area contributed by atoms with Crippen molar-refractivity contribution in [1.29, 1.82) is 0 Å². The fourth-order valence-electron chi connectivity index (χ4n) is 4.49. The summed E-state index contributed by atoms with van der Waals surface area (Å²) in [4.78, 5) is 30.6. The molecule has 4 N–H and O–H groups in total. The molecule has 2 aromatic rings. The molecule has 170 valence electrons. The number of aromatic nitrogens is 1. The number of nitrogens with zero attached hydrogens (tertiary/aromatic N) is 2. The number of anilines is 2. The number of hydrogen-bond acceptors (Lipinski definition) is 5. The number of hydrogen-bond donors (Lipinski definition) is 3. The van der Waals surface area contributed by atoms with Crippen molar-refractivity contribution in [3.8, 4) is 11.1 Å². The maximum atomic E-state index is 12.7. The summed E-state index contributed by atoms with van der Waals surface area (Å²) in [7, 11) is 0. The minimum atomic E-state index is -0.0744. The fraction of sp³-hybridized carbons (Fsp3) is 0.458. The molecule has 1 saturated heterocycles.